The molecule has 0 radical (unpaired) electrons. The van der Waals surface area contributed by atoms with Gasteiger partial charge in [-0.25, -0.2) is 4.79 Å². The molecule has 0 saturated carbocycles. The number of hydrogen-bond donors (Lipinski definition) is 0. The van der Waals surface area contributed by atoms with E-state index in [-0.39, 0.29) is 11.2 Å². The van der Waals surface area contributed by atoms with Gasteiger partial charge in [-0.05, 0) is 53.6 Å². The third kappa shape index (κ3) is 3.15. The maximum atomic E-state index is 12.2. The molecule has 0 saturated heterocycles. The second-order valence-electron chi connectivity index (χ2n) is 7.19. The Hall–Kier alpha value is -2.86. The van der Waals surface area contributed by atoms with Crippen LogP contribution in [0.1, 0.15) is 65.5 Å². The van der Waals surface area contributed by atoms with Gasteiger partial charge in [0.05, 0.1) is 12.2 Å². The highest BCUT2D eigenvalue weighted by Crippen LogP contribution is 2.39. The van der Waals surface area contributed by atoms with Crippen LogP contribution in [-0.4, -0.2) is 18.4 Å². The summed E-state index contributed by atoms with van der Waals surface area (Å²) >= 11 is 0. The van der Waals surface area contributed by atoms with E-state index in [2.05, 4.69) is 25.8 Å². The third-order valence-electron chi connectivity index (χ3n) is 5.03. The van der Waals surface area contributed by atoms with Crippen molar-refractivity contribution in [2.75, 3.05) is 6.61 Å². The Morgan fingerprint density at radius 2 is 1.88 bits per heavy atom. The number of fused-ring (bicyclic) bond motifs is 1. The van der Waals surface area contributed by atoms with Gasteiger partial charge in [-0.15, -0.1) is 6.42 Å². The van der Waals surface area contributed by atoms with Crippen LogP contribution in [0.4, 0.5) is 0 Å². The van der Waals surface area contributed by atoms with Gasteiger partial charge in [-0.1, -0.05) is 38.0 Å². The molecule has 0 N–H and O–H groups in total. The molecule has 0 unspecified atom stereocenters. The van der Waals surface area contributed by atoms with Gasteiger partial charge in [-0.2, -0.15) is 0 Å². The molecule has 26 heavy (non-hydrogen) atoms. The number of carbonyl (C=O) groups is 2. The van der Waals surface area contributed by atoms with Gasteiger partial charge < -0.3 is 4.74 Å². The van der Waals surface area contributed by atoms with Crippen LogP contribution < -0.4 is 0 Å². The van der Waals surface area contributed by atoms with Crippen molar-refractivity contribution in [3.05, 3.63) is 58.7 Å². The number of ketones is 1. The van der Waals surface area contributed by atoms with Gasteiger partial charge in [0.25, 0.3) is 0 Å². The Balaban J connectivity index is 2.07. The third-order valence-corrected chi connectivity index (χ3v) is 5.03. The predicted molar refractivity (Wildman–Crippen MR) is 102 cm³/mol. The zero-order valence-corrected chi connectivity index (χ0v) is 15.4. The number of benzene rings is 2. The second kappa shape index (κ2) is 6.80. The van der Waals surface area contributed by atoms with E-state index in [1.807, 2.05) is 24.3 Å². The molecule has 0 fully saturated rings. The standard InChI is InChI=1S/C23H22O3/c1-5-15-13-16(7-9-18(15)22(25)26-6-2)17-8-10-19-20(14-17)23(3,4)12-11-21(19)24/h1,7-10,13-14H,6,11-12H2,2-4H3. The number of terminal acetylenes is 1. The summed E-state index contributed by atoms with van der Waals surface area (Å²) in [4.78, 5) is 24.3. The van der Waals surface area contributed by atoms with Gasteiger partial charge in [0.15, 0.2) is 5.78 Å². The fraction of sp³-hybridized carbons (Fsp3) is 0.304. The molecule has 2 aromatic rings. The summed E-state index contributed by atoms with van der Waals surface area (Å²) in [6.45, 7) is 6.40. The fourth-order valence-electron chi connectivity index (χ4n) is 3.45. The quantitative estimate of drug-likeness (QED) is 0.594. The van der Waals surface area contributed by atoms with E-state index in [9.17, 15) is 9.59 Å². The van der Waals surface area contributed by atoms with E-state index in [0.717, 1.165) is 28.7 Å². The SMILES string of the molecule is C#Cc1cc(-c2ccc3c(c2)C(C)(C)CCC3=O)ccc1C(=O)OCC. The summed E-state index contributed by atoms with van der Waals surface area (Å²) in [5.41, 5.74) is 4.65. The van der Waals surface area contributed by atoms with Crippen molar-refractivity contribution in [2.45, 2.75) is 39.0 Å². The van der Waals surface area contributed by atoms with Crippen molar-refractivity contribution in [3.8, 4) is 23.5 Å². The van der Waals surface area contributed by atoms with Crippen LogP contribution in [-0.2, 0) is 10.2 Å². The first-order valence-electron chi connectivity index (χ1n) is 8.83. The van der Waals surface area contributed by atoms with Gasteiger partial charge >= 0.3 is 5.97 Å². The first-order chi connectivity index (χ1) is 12.4. The van der Waals surface area contributed by atoms with Gasteiger partial charge in [0.2, 0.25) is 0 Å². The molecular weight excluding hydrogens is 324 g/mol. The summed E-state index contributed by atoms with van der Waals surface area (Å²) in [6, 6.07) is 11.3. The Labute approximate surface area is 154 Å². The second-order valence-corrected chi connectivity index (χ2v) is 7.19. The lowest BCUT2D eigenvalue weighted by Crippen LogP contribution is -2.27. The molecule has 0 atom stereocenters. The van der Waals surface area contributed by atoms with Crippen molar-refractivity contribution in [1.82, 2.24) is 0 Å². The first-order valence-corrected chi connectivity index (χ1v) is 8.83. The largest absolute Gasteiger partial charge is 0.462 e. The Bertz CT molecular complexity index is 929. The summed E-state index contributed by atoms with van der Waals surface area (Å²) < 4.78 is 5.06. The van der Waals surface area contributed by atoms with E-state index in [1.165, 1.54) is 0 Å². The Morgan fingerprint density at radius 1 is 1.19 bits per heavy atom. The van der Waals surface area contributed by atoms with Gasteiger partial charge in [0.1, 0.15) is 0 Å². The van der Waals surface area contributed by atoms with E-state index < -0.39 is 5.97 Å². The monoisotopic (exact) mass is 346 g/mol. The summed E-state index contributed by atoms with van der Waals surface area (Å²) in [7, 11) is 0. The molecule has 1 aliphatic carbocycles. The highest BCUT2D eigenvalue weighted by Gasteiger charge is 2.31. The minimum Gasteiger partial charge on any atom is -0.462 e. The van der Waals surface area contributed by atoms with Gasteiger partial charge in [-0.3, -0.25) is 4.79 Å². The smallest absolute Gasteiger partial charge is 0.339 e. The number of ether oxygens (including phenoxy) is 1. The molecule has 0 aliphatic heterocycles. The molecule has 1 aliphatic rings. The van der Waals surface area contributed by atoms with Crippen LogP contribution in [0.15, 0.2) is 36.4 Å². The maximum Gasteiger partial charge on any atom is 0.339 e. The van der Waals surface area contributed by atoms with Crippen LogP contribution in [0.3, 0.4) is 0 Å². The number of hydrogen-bond acceptors (Lipinski definition) is 3. The Morgan fingerprint density at radius 3 is 2.58 bits per heavy atom. The van der Waals surface area contributed by atoms with Crippen LogP contribution in [0.25, 0.3) is 11.1 Å². The zero-order chi connectivity index (χ0) is 18.9. The summed E-state index contributed by atoms with van der Waals surface area (Å²) in [5.74, 6) is 2.36. The number of esters is 1. The van der Waals surface area contributed by atoms with Crippen LogP contribution in [0, 0.1) is 12.3 Å². The molecule has 0 amide bonds. The molecule has 0 aromatic heterocycles. The molecule has 3 nitrogen and oxygen atoms in total. The van der Waals surface area contributed by atoms with E-state index in [4.69, 9.17) is 11.2 Å². The summed E-state index contributed by atoms with van der Waals surface area (Å²) in [6.07, 6.45) is 7.04. The van der Waals surface area contributed by atoms with Crippen LogP contribution in [0.2, 0.25) is 0 Å². The highest BCUT2D eigenvalue weighted by molar-refractivity contribution is 6.00. The van der Waals surface area contributed by atoms with E-state index in [1.54, 1.807) is 13.0 Å². The van der Waals surface area contributed by atoms with E-state index in [0.29, 0.717) is 24.2 Å². The Kier molecular flexibility index (Phi) is 4.70. The van der Waals surface area contributed by atoms with Crippen molar-refractivity contribution in [3.63, 3.8) is 0 Å². The van der Waals surface area contributed by atoms with Crippen LogP contribution >= 0.6 is 0 Å². The molecule has 132 valence electrons. The zero-order valence-electron chi connectivity index (χ0n) is 15.4. The first kappa shape index (κ1) is 17.9. The van der Waals surface area contributed by atoms with Crippen molar-refractivity contribution in [2.24, 2.45) is 0 Å². The van der Waals surface area contributed by atoms with Crippen molar-refractivity contribution >= 4 is 11.8 Å². The van der Waals surface area contributed by atoms with Gasteiger partial charge in [0, 0.05) is 17.5 Å². The average Bonchev–Trinajstić information content (AvgIpc) is 2.64. The number of carbonyl (C=O) groups excluding carboxylic acids is 2. The van der Waals surface area contributed by atoms with E-state index >= 15 is 0 Å². The molecule has 3 rings (SSSR count). The molecule has 0 heterocycles. The maximum absolute atomic E-state index is 12.2. The lowest BCUT2D eigenvalue weighted by molar-refractivity contribution is 0.0526. The van der Waals surface area contributed by atoms with Crippen molar-refractivity contribution in [1.29, 1.82) is 0 Å². The molecule has 0 bridgehead atoms. The predicted octanol–water partition coefficient (Wildman–Crippen LogP) is 4.77. The molecular formula is C23H22O3. The lowest BCUT2D eigenvalue weighted by Gasteiger charge is -2.32. The molecule has 2 aromatic carbocycles. The topological polar surface area (TPSA) is 43.4 Å². The molecule has 3 heteroatoms. The normalized spacial score (nSPS) is 15.1. The summed E-state index contributed by atoms with van der Waals surface area (Å²) in [5, 5.41) is 0. The minimum absolute atomic E-state index is 0.0426. The number of Topliss-reactive ketones (excluding diaryl/α,β-unsaturated/α-hetero) is 1. The fourth-order valence-corrected chi connectivity index (χ4v) is 3.45. The highest BCUT2D eigenvalue weighted by atomic mass is 16.5. The van der Waals surface area contributed by atoms with Crippen LogP contribution in [0.5, 0.6) is 0 Å². The molecule has 0 spiro atoms. The lowest BCUT2D eigenvalue weighted by atomic mass is 9.71. The average molecular weight is 346 g/mol. The van der Waals surface area contributed by atoms with Crippen molar-refractivity contribution < 1.29 is 14.3 Å². The number of rotatable bonds is 3. The minimum atomic E-state index is -0.413.